The van der Waals surface area contributed by atoms with Crippen molar-refractivity contribution in [2.75, 3.05) is 6.54 Å². The number of aromatic nitrogens is 2. The van der Waals surface area contributed by atoms with E-state index in [1.54, 1.807) is 5.51 Å². The van der Waals surface area contributed by atoms with Crippen LogP contribution in [0, 0.1) is 0 Å². The summed E-state index contributed by atoms with van der Waals surface area (Å²) in [5.74, 6) is 0. The molecule has 6 heteroatoms. The molecule has 1 heterocycles. The first kappa shape index (κ1) is 11.9. The lowest BCUT2D eigenvalue weighted by atomic mass is 10.1. The maximum absolute atomic E-state index is 11.0. The summed E-state index contributed by atoms with van der Waals surface area (Å²) < 4.78 is 0. The highest BCUT2D eigenvalue weighted by Gasteiger charge is 2.25. The van der Waals surface area contributed by atoms with Gasteiger partial charge in [0.15, 0.2) is 0 Å². The molecular weight excluding hydrogens is 214 g/mol. The molecular formula is C9H15N3O2S. The zero-order valence-electron chi connectivity index (χ0n) is 9.10. The zero-order valence-corrected chi connectivity index (χ0v) is 9.91. The van der Waals surface area contributed by atoms with Crippen molar-refractivity contribution in [2.45, 2.75) is 32.7 Å². The molecule has 0 bridgehead atoms. The van der Waals surface area contributed by atoms with Crippen molar-refractivity contribution in [3.8, 4) is 0 Å². The second-order valence-corrected chi connectivity index (χ2v) is 5.11. The lowest BCUT2D eigenvalue weighted by Crippen LogP contribution is -2.45. The molecule has 0 unspecified atom stereocenters. The van der Waals surface area contributed by atoms with Crippen LogP contribution in [0.25, 0.3) is 0 Å². The summed E-state index contributed by atoms with van der Waals surface area (Å²) in [4.78, 5) is 12.4. The number of carboxylic acid groups (broad SMARTS) is 1. The van der Waals surface area contributed by atoms with Crippen LogP contribution in [-0.2, 0) is 6.42 Å². The molecule has 0 saturated heterocycles. The smallest absolute Gasteiger partial charge is 0.407 e. The van der Waals surface area contributed by atoms with E-state index in [0.717, 1.165) is 5.01 Å². The summed E-state index contributed by atoms with van der Waals surface area (Å²) in [5, 5.41) is 17.5. The molecule has 1 N–H and O–H groups in total. The normalized spacial score (nSPS) is 11.4. The van der Waals surface area contributed by atoms with E-state index in [4.69, 9.17) is 5.11 Å². The third-order valence-electron chi connectivity index (χ3n) is 2.00. The Hall–Kier alpha value is -1.17. The van der Waals surface area contributed by atoms with Crippen LogP contribution in [0.1, 0.15) is 25.8 Å². The minimum atomic E-state index is -0.896. The quantitative estimate of drug-likeness (QED) is 0.859. The minimum Gasteiger partial charge on any atom is -0.465 e. The van der Waals surface area contributed by atoms with E-state index in [-0.39, 0.29) is 5.54 Å². The van der Waals surface area contributed by atoms with Gasteiger partial charge in [0.25, 0.3) is 0 Å². The molecule has 0 spiro atoms. The molecule has 1 rings (SSSR count). The van der Waals surface area contributed by atoms with Crippen molar-refractivity contribution >= 4 is 17.4 Å². The Balaban J connectivity index is 2.57. The van der Waals surface area contributed by atoms with Gasteiger partial charge in [0.1, 0.15) is 10.5 Å². The predicted molar refractivity (Wildman–Crippen MR) is 58.1 cm³/mol. The Morgan fingerprint density at radius 3 is 2.67 bits per heavy atom. The van der Waals surface area contributed by atoms with Gasteiger partial charge in [-0.1, -0.05) is 0 Å². The van der Waals surface area contributed by atoms with Crippen LogP contribution >= 0.6 is 11.3 Å². The van der Waals surface area contributed by atoms with Gasteiger partial charge in [0.05, 0.1) is 0 Å². The van der Waals surface area contributed by atoms with E-state index in [0.29, 0.717) is 13.0 Å². The molecule has 1 amide bonds. The van der Waals surface area contributed by atoms with Crippen LogP contribution in [-0.4, -0.2) is 38.4 Å². The SMILES string of the molecule is CC(C)(C)N(CCc1nncs1)C(=O)O. The van der Waals surface area contributed by atoms with Crippen molar-refractivity contribution < 1.29 is 9.90 Å². The molecule has 1 aromatic rings. The Labute approximate surface area is 92.7 Å². The molecule has 0 aliphatic rings. The molecule has 0 radical (unpaired) electrons. The van der Waals surface area contributed by atoms with Crippen molar-refractivity contribution in [3.05, 3.63) is 10.5 Å². The molecule has 1 aromatic heterocycles. The summed E-state index contributed by atoms with van der Waals surface area (Å²) in [6.45, 7) is 6.08. The van der Waals surface area contributed by atoms with Gasteiger partial charge in [-0.2, -0.15) is 0 Å². The van der Waals surface area contributed by atoms with Crippen LogP contribution in [0.2, 0.25) is 0 Å². The van der Waals surface area contributed by atoms with Crippen LogP contribution in [0.15, 0.2) is 5.51 Å². The van der Waals surface area contributed by atoms with Gasteiger partial charge in [-0.3, -0.25) is 0 Å². The minimum absolute atomic E-state index is 0.378. The highest BCUT2D eigenvalue weighted by atomic mass is 32.1. The number of carbonyl (C=O) groups is 1. The van der Waals surface area contributed by atoms with E-state index in [9.17, 15) is 4.79 Å². The topological polar surface area (TPSA) is 66.3 Å². The van der Waals surface area contributed by atoms with Crippen molar-refractivity contribution in [3.63, 3.8) is 0 Å². The van der Waals surface area contributed by atoms with Gasteiger partial charge in [-0.05, 0) is 20.8 Å². The molecule has 0 atom stereocenters. The molecule has 84 valence electrons. The monoisotopic (exact) mass is 229 g/mol. The Morgan fingerprint density at radius 1 is 1.60 bits per heavy atom. The molecule has 15 heavy (non-hydrogen) atoms. The molecule has 0 aliphatic heterocycles. The largest absolute Gasteiger partial charge is 0.465 e. The van der Waals surface area contributed by atoms with Crippen LogP contribution in [0.4, 0.5) is 4.79 Å². The van der Waals surface area contributed by atoms with Gasteiger partial charge < -0.3 is 10.0 Å². The van der Waals surface area contributed by atoms with Crippen molar-refractivity contribution in [1.82, 2.24) is 15.1 Å². The standard InChI is InChI=1S/C9H15N3O2S/c1-9(2,3)12(8(13)14)5-4-7-11-10-6-15-7/h6H,4-5H2,1-3H3,(H,13,14). The lowest BCUT2D eigenvalue weighted by Gasteiger charge is -2.32. The second-order valence-electron chi connectivity index (χ2n) is 4.19. The number of hydrogen-bond donors (Lipinski definition) is 1. The highest BCUT2D eigenvalue weighted by molar-refractivity contribution is 7.09. The average Bonchev–Trinajstić information content (AvgIpc) is 2.53. The molecule has 0 aromatic carbocycles. The second kappa shape index (κ2) is 4.57. The fourth-order valence-corrected chi connectivity index (χ4v) is 1.75. The summed E-state index contributed by atoms with van der Waals surface area (Å²) >= 11 is 1.45. The number of hydrogen-bond acceptors (Lipinski definition) is 4. The summed E-state index contributed by atoms with van der Waals surface area (Å²) in [7, 11) is 0. The van der Waals surface area contributed by atoms with Gasteiger partial charge >= 0.3 is 6.09 Å². The molecule has 5 nitrogen and oxygen atoms in total. The van der Waals surface area contributed by atoms with Crippen LogP contribution in [0.5, 0.6) is 0 Å². The number of rotatable bonds is 3. The first-order chi connectivity index (χ1) is 6.91. The Kier molecular flexibility index (Phi) is 3.62. The summed E-state index contributed by atoms with van der Waals surface area (Å²) in [6, 6.07) is 0. The third kappa shape index (κ3) is 3.47. The molecule has 0 aliphatic carbocycles. The van der Waals surface area contributed by atoms with Crippen molar-refractivity contribution in [1.29, 1.82) is 0 Å². The van der Waals surface area contributed by atoms with Crippen molar-refractivity contribution in [2.24, 2.45) is 0 Å². The zero-order chi connectivity index (χ0) is 11.5. The summed E-state index contributed by atoms with van der Waals surface area (Å²) in [5.41, 5.74) is 1.27. The van der Waals surface area contributed by atoms with E-state index in [2.05, 4.69) is 10.2 Å². The van der Waals surface area contributed by atoms with E-state index in [1.807, 2.05) is 20.8 Å². The van der Waals surface area contributed by atoms with E-state index >= 15 is 0 Å². The average molecular weight is 229 g/mol. The Bertz CT molecular complexity index is 319. The first-order valence-corrected chi connectivity index (χ1v) is 5.55. The van der Waals surface area contributed by atoms with Gasteiger partial charge in [-0.25, -0.2) is 4.79 Å². The van der Waals surface area contributed by atoms with E-state index in [1.165, 1.54) is 16.2 Å². The van der Waals surface area contributed by atoms with Gasteiger partial charge in [0.2, 0.25) is 0 Å². The predicted octanol–water partition coefficient (Wildman–Crippen LogP) is 1.86. The maximum Gasteiger partial charge on any atom is 0.407 e. The molecule has 0 saturated carbocycles. The summed E-state index contributed by atoms with van der Waals surface area (Å²) in [6.07, 6.45) is -0.277. The highest BCUT2D eigenvalue weighted by Crippen LogP contribution is 2.14. The third-order valence-corrected chi connectivity index (χ3v) is 2.75. The van der Waals surface area contributed by atoms with Gasteiger partial charge in [-0.15, -0.1) is 21.5 Å². The van der Waals surface area contributed by atoms with Crippen LogP contribution < -0.4 is 0 Å². The fraction of sp³-hybridized carbons (Fsp3) is 0.667. The number of amides is 1. The van der Waals surface area contributed by atoms with E-state index < -0.39 is 6.09 Å². The van der Waals surface area contributed by atoms with Crippen LogP contribution in [0.3, 0.4) is 0 Å². The molecule has 0 fully saturated rings. The number of nitrogens with zero attached hydrogens (tertiary/aromatic N) is 3. The first-order valence-electron chi connectivity index (χ1n) is 4.67. The Morgan fingerprint density at radius 2 is 2.27 bits per heavy atom. The van der Waals surface area contributed by atoms with Gasteiger partial charge in [0, 0.05) is 18.5 Å². The lowest BCUT2D eigenvalue weighted by molar-refractivity contribution is 0.101. The fourth-order valence-electron chi connectivity index (χ4n) is 1.23. The maximum atomic E-state index is 11.0.